The van der Waals surface area contributed by atoms with Crippen LogP contribution in [0.3, 0.4) is 0 Å². The minimum Gasteiger partial charge on any atom is -0.477 e. The van der Waals surface area contributed by atoms with Gasteiger partial charge in [0.1, 0.15) is 4.90 Å². The number of pyridine rings is 2. The van der Waals surface area contributed by atoms with Gasteiger partial charge in [-0.15, -0.1) is 0 Å². The molecule has 2 amide bonds. The SMILES string of the molecule is O=C1NCCC12CCN(c1ccccc1S(=O)(=O)C1CC3(CCN(S(=O)(=O)c4ccccc4Cl)CC3)C(=O)[N+]1(c1ccc(OCCC(F)(F)F)nc1)c1ccc(OCC(F)(F)F)nc1)CC2. The van der Waals surface area contributed by atoms with Crippen LogP contribution in [-0.2, 0) is 29.4 Å². The summed E-state index contributed by atoms with van der Waals surface area (Å²) in [5.74, 6) is -1.56. The highest BCUT2D eigenvalue weighted by Gasteiger charge is 2.70. The van der Waals surface area contributed by atoms with E-state index in [-0.39, 0.29) is 70.3 Å². The molecule has 4 fully saturated rings. The van der Waals surface area contributed by atoms with E-state index in [0.717, 1.165) is 22.8 Å². The van der Waals surface area contributed by atoms with Crippen molar-refractivity contribution in [1.82, 2.24) is 24.1 Å². The van der Waals surface area contributed by atoms with E-state index in [4.69, 9.17) is 21.1 Å². The number of halogens is 7. The Kier molecular flexibility index (Phi) is 12.6. The molecule has 0 saturated carbocycles. The first-order valence-electron chi connectivity index (χ1n) is 21.0. The van der Waals surface area contributed by atoms with E-state index in [1.165, 1.54) is 48.5 Å². The fraction of sp³-hybridized carbons (Fsp3) is 0.442. The maximum absolute atomic E-state index is 15.9. The zero-order valence-corrected chi connectivity index (χ0v) is 37.4. The topological polar surface area (TPSA) is 165 Å². The fourth-order valence-electron chi connectivity index (χ4n) is 9.70. The van der Waals surface area contributed by atoms with Gasteiger partial charge in [-0.1, -0.05) is 35.9 Å². The lowest BCUT2D eigenvalue weighted by molar-refractivity contribution is -0.154. The predicted molar refractivity (Wildman–Crippen MR) is 228 cm³/mol. The number of carbonyl (C=O) groups is 2. The van der Waals surface area contributed by atoms with Crippen molar-refractivity contribution in [1.29, 1.82) is 0 Å². The summed E-state index contributed by atoms with van der Waals surface area (Å²) in [6.45, 7) is -1.80. The minimum atomic E-state index is -4.75. The van der Waals surface area contributed by atoms with Crippen LogP contribution in [0.25, 0.3) is 0 Å². The van der Waals surface area contributed by atoms with Gasteiger partial charge in [-0.3, -0.25) is 4.79 Å². The zero-order valence-electron chi connectivity index (χ0n) is 35.0. The quantitative estimate of drug-likeness (QED) is 0.112. The number of hydrogen-bond acceptors (Lipinski definition) is 11. The lowest BCUT2D eigenvalue weighted by atomic mass is 9.77. The molecular formula is C43H44ClF6N6O8S2+. The van der Waals surface area contributed by atoms with E-state index in [0.29, 0.717) is 44.6 Å². The van der Waals surface area contributed by atoms with E-state index in [1.807, 2.05) is 4.90 Å². The second-order valence-corrected chi connectivity index (χ2v) is 21.3. The Morgan fingerprint density at radius 2 is 1.30 bits per heavy atom. The molecule has 2 aromatic carbocycles. The number of sulfone groups is 1. The number of anilines is 1. The Hall–Kier alpha value is -5.03. The molecule has 14 nitrogen and oxygen atoms in total. The molecule has 6 heterocycles. The van der Waals surface area contributed by atoms with Crippen molar-refractivity contribution in [2.24, 2.45) is 10.8 Å². The van der Waals surface area contributed by atoms with Crippen molar-refractivity contribution in [3.8, 4) is 11.8 Å². The zero-order chi connectivity index (χ0) is 47.3. The number of nitrogens with zero attached hydrogens (tertiary/aromatic N) is 5. The van der Waals surface area contributed by atoms with Crippen LogP contribution in [0.1, 0.15) is 44.9 Å². The van der Waals surface area contributed by atoms with Gasteiger partial charge < -0.3 is 19.7 Å². The van der Waals surface area contributed by atoms with E-state index in [1.54, 1.807) is 18.2 Å². The number of quaternary nitrogens is 1. The highest BCUT2D eigenvalue weighted by molar-refractivity contribution is 7.92. The Morgan fingerprint density at radius 3 is 1.85 bits per heavy atom. The summed E-state index contributed by atoms with van der Waals surface area (Å²) in [4.78, 5) is 38.6. The van der Waals surface area contributed by atoms with Crippen LogP contribution >= 0.6 is 11.6 Å². The normalized spacial score (nSPS) is 22.5. The highest BCUT2D eigenvalue weighted by atomic mass is 35.5. The van der Waals surface area contributed by atoms with Crippen LogP contribution in [0.4, 0.5) is 43.4 Å². The van der Waals surface area contributed by atoms with Gasteiger partial charge in [0.05, 0.1) is 51.9 Å². The van der Waals surface area contributed by atoms with E-state index in [9.17, 15) is 39.6 Å². The Bertz CT molecular complexity index is 2700. The largest absolute Gasteiger partial charge is 0.477 e. The molecule has 0 bridgehead atoms. The molecule has 4 aliphatic rings. The average Bonchev–Trinajstić information content (AvgIpc) is 3.76. The third-order valence-corrected chi connectivity index (χ3v) is 17.7. The van der Waals surface area contributed by atoms with E-state index >= 15 is 13.2 Å². The van der Waals surface area contributed by atoms with Crippen molar-refractivity contribution in [2.75, 3.05) is 50.8 Å². The molecule has 2 aromatic heterocycles. The molecule has 354 valence electrons. The molecular weight excluding hydrogens is 942 g/mol. The number of carbonyl (C=O) groups excluding carboxylic acids is 2. The third-order valence-electron chi connectivity index (χ3n) is 13.1. The number of rotatable bonds is 12. The first-order chi connectivity index (χ1) is 31.1. The molecule has 2 atom stereocenters. The molecule has 1 N–H and O–H groups in total. The molecule has 0 aliphatic carbocycles. The summed E-state index contributed by atoms with van der Waals surface area (Å²) < 4.78 is 148. The van der Waals surface area contributed by atoms with Crippen molar-refractivity contribution in [3.05, 3.63) is 90.2 Å². The van der Waals surface area contributed by atoms with Crippen LogP contribution in [0.5, 0.6) is 11.8 Å². The molecule has 4 aromatic rings. The van der Waals surface area contributed by atoms with Crippen LogP contribution in [-0.4, -0.2) is 107 Å². The molecule has 23 heteroatoms. The van der Waals surface area contributed by atoms with Gasteiger partial charge in [-0.2, -0.15) is 35.1 Å². The molecule has 4 aliphatic heterocycles. The summed E-state index contributed by atoms with van der Waals surface area (Å²) in [6, 6.07) is 16.8. The molecule has 4 saturated heterocycles. The highest BCUT2D eigenvalue weighted by Crippen LogP contribution is 2.58. The molecule has 0 radical (unpaired) electrons. The Morgan fingerprint density at radius 1 is 0.727 bits per heavy atom. The summed E-state index contributed by atoms with van der Waals surface area (Å²) >= 11 is 6.31. The number of ether oxygens (including phenoxy) is 2. The second-order valence-electron chi connectivity index (χ2n) is 16.9. The molecule has 2 unspecified atom stereocenters. The number of nitrogens with one attached hydrogen (secondary N) is 1. The smallest absolute Gasteiger partial charge is 0.422 e. The van der Waals surface area contributed by atoms with Crippen molar-refractivity contribution >= 4 is 60.3 Å². The number of hydrogen-bond donors (Lipinski definition) is 1. The lowest BCUT2D eigenvalue weighted by Crippen LogP contribution is -2.57. The first-order valence-corrected chi connectivity index (χ1v) is 24.3. The van der Waals surface area contributed by atoms with Crippen molar-refractivity contribution in [3.63, 3.8) is 0 Å². The number of alkyl halides is 6. The number of benzene rings is 2. The van der Waals surface area contributed by atoms with Gasteiger partial charge in [0, 0.05) is 63.4 Å². The van der Waals surface area contributed by atoms with Gasteiger partial charge >= 0.3 is 18.3 Å². The van der Waals surface area contributed by atoms with Crippen LogP contribution in [0, 0.1) is 10.8 Å². The van der Waals surface area contributed by atoms with Gasteiger partial charge in [0.2, 0.25) is 42.9 Å². The van der Waals surface area contributed by atoms with Gasteiger partial charge in [-0.05, 0) is 56.4 Å². The van der Waals surface area contributed by atoms with Gasteiger partial charge in [-0.25, -0.2) is 31.6 Å². The number of aromatic nitrogens is 2. The molecule has 2 spiro atoms. The number of amides is 2. The van der Waals surface area contributed by atoms with Gasteiger partial charge in [0.25, 0.3) is 0 Å². The number of sulfonamides is 1. The Labute approximate surface area is 381 Å². The van der Waals surface area contributed by atoms with Gasteiger partial charge in [0.15, 0.2) is 18.0 Å². The monoisotopic (exact) mass is 985 g/mol. The maximum atomic E-state index is 15.9. The molecule has 66 heavy (non-hydrogen) atoms. The van der Waals surface area contributed by atoms with Crippen LogP contribution in [0.15, 0.2) is 95.0 Å². The fourth-order valence-corrected chi connectivity index (χ4v) is 14.0. The predicted octanol–water partition coefficient (Wildman–Crippen LogP) is 7.35. The third kappa shape index (κ3) is 8.81. The second kappa shape index (κ2) is 17.6. The van der Waals surface area contributed by atoms with Crippen LogP contribution < -0.4 is 24.2 Å². The summed E-state index contributed by atoms with van der Waals surface area (Å²) in [7, 11) is -8.96. The van der Waals surface area contributed by atoms with E-state index in [2.05, 4.69) is 15.3 Å². The summed E-state index contributed by atoms with van der Waals surface area (Å²) in [5, 5.41) is 1.09. The summed E-state index contributed by atoms with van der Waals surface area (Å²) in [6.07, 6.45) is -7.67. The average molecular weight is 986 g/mol. The lowest BCUT2D eigenvalue weighted by Gasteiger charge is -2.40. The number of para-hydroxylation sites is 1. The maximum Gasteiger partial charge on any atom is 0.422 e. The standard InChI is InChI=1S/C43H43ClF6N6O8S2/c44-31-5-1-3-7-33(31)66(61,62)55-22-16-41(17-23-55)25-37(65(59,60)34-8-4-2-6-32(34)54-20-14-40(15-21-54)13-19-51-38(40)57)56(39(41)58,30-10-12-36(53-27-30)64-28-43(48,49)50)29-9-11-35(52-26-29)63-24-18-42(45,46)47/h1-12,26-27,37H,13-25,28H2/p+1. The van der Waals surface area contributed by atoms with E-state index < -0.39 is 84.3 Å². The van der Waals surface area contributed by atoms with Crippen molar-refractivity contribution < 1.29 is 62.2 Å². The van der Waals surface area contributed by atoms with Crippen LogP contribution in [0.2, 0.25) is 5.02 Å². The summed E-state index contributed by atoms with van der Waals surface area (Å²) in [5.41, 5.74) is -2.09. The molecule has 8 rings (SSSR count). The first kappa shape index (κ1) is 47.5. The minimum absolute atomic E-state index is 0.0286. The Balaban J connectivity index is 1.25. The number of piperidine rings is 2. The van der Waals surface area contributed by atoms with Crippen molar-refractivity contribution in [2.45, 2.75) is 72.5 Å².